The predicted octanol–water partition coefficient (Wildman–Crippen LogP) is 4.76. The van der Waals surface area contributed by atoms with Crippen LogP contribution >= 0.6 is 0 Å². The van der Waals surface area contributed by atoms with Gasteiger partial charge in [0.1, 0.15) is 17.0 Å². The van der Waals surface area contributed by atoms with Crippen LogP contribution in [0.25, 0.3) is 28.2 Å². The third kappa shape index (κ3) is 4.65. The molecule has 39 heavy (non-hydrogen) atoms. The normalized spacial score (nSPS) is 17.6. The van der Waals surface area contributed by atoms with Crippen molar-refractivity contribution in [1.29, 1.82) is 0 Å². The Morgan fingerprint density at radius 3 is 2.69 bits per heavy atom. The number of nitrogens with one attached hydrogen (secondary N) is 1. The Balaban J connectivity index is 1.33. The first-order chi connectivity index (χ1) is 18.9. The summed E-state index contributed by atoms with van der Waals surface area (Å²) in [5, 5.41) is 3.80. The molecule has 3 aromatic heterocycles. The second kappa shape index (κ2) is 10.2. The van der Waals surface area contributed by atoms with Gasteiger partial charge in [0, 0.05) is 37.1 Å². The SMILES string of the molecule is C=CC(=O)N1CCC(N[C@H]2CCc3cc(-n4c(-c5cccnc5N)nc5ccc(C(F)F)nc54)ccc32)CC1. The van der Waals surface area contributed by atoms with Crippen molar-refractivity contribution in [1.82, 2.24) is 29.7 Å². The van der Waals surface area contributed by atoms with Gasteiger partial charge in [-0.2, -0.15) is 0 Å². The number of pyridine rings is 2. The molecule has 1 fully saturated rings. The van der Waals surface area contributed by atoms with E-state index < -0.39 is 6.43 Å². The molecule has 6 rings (SSSR count). The Labute approximate surface area is 224 Å². The van der Waals surface area contributed by atoms with Crippen LogP contribution in [0.15, 0.2) is 61.3 Å². The van der Waals surface area contributed by atoms with E-state index in [4.69, 9.17) is 10.7 Å². The van der Waals surface area contributed by atoms with E-state index in [9.17, 15) is 13.6 Å². The quantitative estimate of drug-likeness (QED) is 0.350. The van der Waals surface area contributed by atoms with Crippen LogP contribution in [0.4, 0.5) is 14.6 Å². The number of aryl methyl sites for hydroxylation is 1. The van der Waals surface area contributed by atoms with Crippen molar-refractivity contribution >= 4 is 22.9 Å². The molecule has 1 atom stereocenters. The summed E-state index contributed by atoms with van der Waals surface area (Å²) in [7, 11) is 0. The summed E-state index contributed by atoms with van der Waals surface area (Å²) in [6.07, 6.45) is 3.94. The number of fused-ring (bicyclic) bond motifs is 2. The summed E-state index contributed by atoms with van der Waals surface area (Å²) in [6.45, 7) is 5.03. The summed E-state index contributed by atoms with van der Waals surface area (Å²) in [4.78, 5) is 26.9. The number of nitrogens with two attached hydrogens (primary N) is 1. The minimum Gasteiger partial charge on any atom is -0.383 e. The molecule has 1 aromatic carbocycles. The van der Waals surface area contributed by atoms with Crippen molar-refractivity contribution in [2.45, 2.75) is 44.2 Å². The monoisotopic (exact) mass is 529 g/mol. The number of alkyl halides is 2. The van der Waals surface area contributed by atoms with E-state index in [1.54, 1.807) is 22.9 Å². The highest BCUT2D eigenvalue weighted by atomic mass is 19.3. The van der Waals surface area contributed by atoms with E-state index in [0.717, 1.165) is 44.5 Å². The molecule has 1 aliphatic carbocycles. The molecule has 0 spiro atoms. The maximum atomic E-state index is 13.6. The van der Waals surface area contributed by atoms with Gasteiger partial charge >= 0.3 is 0 Å². The highest BCUT2D eigenvalue weighted by Gasteiger charge is 2.29. The van der Waals surface area contributed by atoms with Crippen LogP contribution < -0.4 is 11.1 Å². The number of hydrogen-bond donors (Lipinski definition) is 2. The molecule has 4 heterocycles. The fourth-order valence-corrected chi connectivity index (χ4v) is 5.72. The molecule has 0 radical (unpaired) electrons. The van der Waals surface area contributed by atoms with Gasteiger partial charge in [0.05, 0.1) is 5.56 Å². The van der Waals surface area contributed by atoms with Crippen LogP contribution in [0, 0.1) is 0 Å². The topological polar surface area (TPSA) is 102 Å². The van der Waals surface area contributed by atoms with Crippen molar-refractivity contribution in [3.63, 3.8) is 0 Å². The largest absolute Gasteiger partial charge is 0.383 e. The van der Waals surface area contributed by atoms with Gasteiger partial charge in [0.2, 0.25) is 5.91 Å². The Hall–Kier alpha value is -4.18. The first-order valence-corrected chi connectivity index (χ1v) is 13.1. The van der Waals surface area contributed by atoms with Crippen molar-refractivity contribution in [2.75, 3.05) is 18.8 Å². The molecule has 1 aliphatic heterocycles. The highest BCUT2D eigenvalue weighted by Crippen LogP contribution is 2.36. The number of aromatic nitrogens is 4. The Kier molecular flexibility index (Phi) is 6.56. The molecule has 10 heteroatoms. The number of halogens is 2. The van der Waals surface area contributed by atoms with Crippen LogP contribution in [0.3, 0.4) is 0 Å². The zero-order valence-corrected chi connectivity index (χ0v) is 21.4. The number of hydrogen-bond acceptors (Lipinski definition) is 6. The van der Waals surface area contributed by atoms with E-state index in [2.05, 4.69) is 34.0 Å². The fourth-order valence-electron chi connectivity index (χ4n) is 5.72. The van der Waals surface area contributed by atoms with Crippen molar-refractivity contribution in [3.8, 4) is 17.1 Å². The lowest BCUT2D eigenvalue weighted by Crippen LogP contribution is -2.45. The minimum atomic E-state index is -2.70. The number of likely N-dealkylation sites (tertiary alicyclic amines) is 1. The molecule has 3 N–H and O–H groups in total. The van der Waals surface area contributed by atoms with E-state index >= 15 is 0 Å². The van der Waals surface area contributed by atoms with Gasteiger partial charge in [-0.05, 0) is 79.3 Å². The number of amides is 1. The average Bonchev–Trinajstić information content (AvgIpc) is 3.53. The summed E-state index contributed by atoms with van der Waals surface area (Å²) in [5.41, 5.74) is 10.5. The molecule has 4 aromatic rings. The average molecular weight is 530 g/mol. The second-order valence-corrected chi connectivity index (χ2v) is 10.0. The van der Waals surface area contributed by atoms with Gasteiger partial charge in [0.25, 0.3) is 6.43 Å². The Morgan fingerprint density at radius 2 is 1.95 bits per heavy atom. The number of nitrogens with zero attached hydrogens (tertiary/aromatic N) is 5. The van der Waals surface area contributed by atoms with Crippen molar-refractivity contribution in [3.05, 3.63) is 78.1 Å². The zero-order valence-electron chi connectivity index (χ0n) is 21.4. The molecule has 0 saturated carbocycles. The summed E-state index contributed by atoms with van der Waals surface area (Å²) >= 11 is 0. The lowest BCUT2D eigenvalue weighted by Gasteiger charge is -2.33. The molecule has 0 unspecified atom stereocenters. The molecule has 2 aliphatic rings. The standard InChI is InChI=1S/C29H29F2N7O/c1-2-25(39)37-14-11-18(12-15-37)34-22-8-5-17-16-19(6-7-20(17)22)38-28(21-4-3-13-33-27(21)32)36-24-10-9-23(26(30)31)35-29(24)38/h2-4,6-7,9-10,13,16,18,22,26,34H,1,5,8,11-12,14-15H2,(H2,32,33)/t22-/m0/s1. The van der Waals surface area contributed by atoms with Crippen LogP contribution in [-0.2, 0) is 11.2 Å². The molecular formula is C29H29F2N7O. The Morgan fingerprint density at radius 1 is 1.13 bits per heavy atom. The first kappa shape index (κ1) is 25.1. The maximum absolute atomic E-state index is 13.6. The summed E-state index contributed by atoms with van der Waals surface area (Å²) in [5.74, 6) is 0.791. The van der Waals surface area contributed by atoms with E-state index in [-0.39, 0.29) is 17.6 Å². The van der Waals surface area contributed by atoms with E-state index in [0.29, 0.717) is 34.4 Å². The van der Waals surface area contributed by atoms with Gasteiger partial charge in [-0.1, -0.05) is 12.6 Å². The number of carbonyl (C=O) groups is 1. The summed E-state index contributed by atoms with van der Waals surface area (Å²) in [6, 6.07) is 13.2. The number of imidazole rings is 1. The molecule has 0 bridgehead atoms. The number of carbonyl (C=O) groups excluding carboxylic acids is 1. The van der Waals surface area contributed by atoms with Crippen LogP contribution in [-0.4, -0.2) is 49.5 Å². The lowest BCUT2D eigenvalue weighted by atomic mass is 10.0. The minimum absolute atomic E-state index is 0.0122. The van der Waals surface area contributed by atoms with Gasteiger partial charge < -0.3 is 16.0 Å². The molecule has 1 amide bonds. The van der Waals surface area contributed by atoms with Crippen LogP contribution in [0.1, 0.15) is 48.6 Å². The van der Waals surface area contributed by atoms with Crippen molar-refractivity contribution < 1.29 is 13.6 Å². The second-order valence-electron chi connectivity index (χ2n) is 10.0. The molecular weight excluding hydrogens is 500 g/mol. The zero-order chi connectivity index (χ0) is 27.1. The van der Waals surface area contributed by atoms with Crippen molar-refractivity contribution in [2.24, 2.45) is 0 Å². The first-order valence-electron chi connectivity index (χ1n) is 13.1. The van der Waals surface area contributed by atoms with Crippen LogP contribution in [0.5, 0.6) is 0 Å². The predicted molar refractivity (Wildman–Crippen MR) is 145 cm³/mol. The number of piperidine rings is 1. The number of anilines is 1. The highest BCUT2D eigenvalue weighted by molar-refractivity contribution is 5.87. The van der Waals surface area contributed by atoms with E-state index in [1.165, 1.54) is 23.3 Å². The number of nitrogen functional groups attached to an aromatic ring is 1. The van der Waals surface area contributed by atoms with Gasteiger partial charge in [-0.3, -0.25) is 9.36 Å². The molecule has 1 saturated heterocycles. The third-order valence-electron chi connectivity index (χ3n) is 7.71. The van der Waals surface area contributed by atoms with Gasteiger partial charge in [-0.25, -0.2) is 23.7 Å². The molecule has 200 valence electrons. The van der Waals surface area contributed by atoms with E-state index in [1.807, 2.05) is 17.0 Å². The summed E-state index contributed by atoms with van der Waals surface area (Å²) < 4.78 is 28.9. The maximum Gasteiger partial charge on any atom is 0.280 e. The number of benzene rings is 1. The third-order valence-corrected chi connectivity index (χ3v) is 7.71. The fraction of sp³-hybridized carbons (Fsp3) is 0.310. The van der Waals surface area contributed by atoms with Crippen LogP contribution in [0.2, 0.25) is 0 Å². The lowest BCUT2D eigenvalue weighted by molar-refractivity contribution is -0.127. The molecule has 8 nitrogen and oxygen atoms in total. The van der Waals surface area contributed by atoms with Gasteiger partial charge in [-0.15, -0.1) is 0 Å². The smallest absolute Gasteiger partial charge is 0.280 e. The number of rotatable bonds is 6. The Bertz CT molecular complexity index is 1560. The van der Waals surface area contributed by atoms with Gasteiger partial charge in [0.15, 0.2) is 11.5 Å².